The topological polar surface area (TPSA) is 41.6 Å². The van der Waals surface area contributed by atoms with Gasteiger partial charge in [-0.1, -0.05) is 32.0 Å². The summed E-state index contributed by atoms with van der Waals surface area (Å²) in [5.74, 6) is 1.40. The Labute approximate surface area is 127 Å². The third-order valence-corrected chi connectivity index (χ3v) is 4.67. The van der Waals surface area contributed by atoms with Crippen LogP contribution in [0.1, 0.15) is 25.8 Å². The summed E-state index contributed by atoms with van der Waals surface area (Å²) in [7, 11) is 3.55. The van der Waals surface area contributed by atoms with Crippen molar-refractivity contribution in [3.05, 3.63) is 29.8 Å². The lowest BCUT2D eigenvalue weighted by Crippen LogP contribution is -2.46. The Bertz CT molecular complexity index is 493. The predicted octanol–water partition coefficient (Wildman–Crippen LogP) is 2.29. The van der Waals surface area contributed by atoms with Crippen molar-refractivity contribution in [1.82, 2.24) is 10.2 Å². The molecule has 0 saturated carbocycles. The fourth-order valence-corrected chi connectivity index (χ4v) is 3.17. The van der Waals surface area contributed by atoms with E-state index in [1.807, 2.05) is 36.2 Å². The maximum Gasteiger partial charge on any atom is 0.230 e. The molecule has 116 valence electrons. The maximum absolute atomic E-state index is 13.0. The van der Waals surface area contributed by atoms with Crippen molar-refractivity contribution in [2.75, 3.05) is 27.2 Å². The van der Waals surface area contributed by atoms with E-state index in [9.17, 15) is 4.79 Å². The van der Waals surface area contributed by atoms with Crippen LogP contribution in [0, 0.1) is 11.3 Å². The standard InChI is InChI=1S/C17H26N2O2/c1-13(2)17(9-10-18-12-17)16(20)19(3)11-14-7-5-6-8-15(14)21-4/h5-8,13,18H,9-12H2,1-4H3. The first kappa shape index (κ1) is 15.8. The van der Waals surface area contributed by atoms with Crippen LogP contribution in [-0.4, -0.2) is 38.1 Å². The lowest BCUT2D eigenvalue weighted by atomic mass is 9.75. The fraction of sp³-hybridized carbons (Fsp3) is 0.588. The first-order valence-electron chi connectivity index (χ1n) is 7.59. The highest BCUT2D eigenvalue weighted by Gasteiger charge is 2.45. The zero-order valence-corrected chi connectivity index (χ0v) is 13.5. The number of amides is 1. The smallest absolute Gasteiger partial charge is 0.230 e. The summed E-state index contributed by atoms with van der Waals surface area (Å²) in [4.78, 5) is 14.8. The van der Waals surface area contributed by atoms with Crippen molar-refractivity contribution in [3.63, 3.8) is 0 Å². The summed E-state index contributed by atoms with van der Waals surface area (Å²) < 4.78 is 5.37. The van der Waals surface area contributed by atoms with Gasteiger partial charge < -0.3 is 15.0 Å². The van der Waals surface area contributed by atoms with E-state index >= 15 is 0 Å². The normalized spacial score (nSPS) is 21.6. The molecular weight excluding hydrogens is 264 g/mol. The van der Waals surface area contributed by atoms with Gasteiger partial charge in [0.2, 0.25) is 5.91 Å². The minimum absolute atomic E-state index is 0.230. The monoisotopic (exact) mass is 290 g/mol. The van der Waals surface area contributed by atoms with E-state index in [-0.39, 0.29) is 11.3 Å². The molecule has 1 amide bonds. The van der Waals surface area contributed by atoms with Crippen LogP contribution < -0.4 is 10.1 Å². The average Bonchev–Trinajstić information content (AvgIpc) is 2.97. The van der Waals surface area contributed by atoms with Crippen LogP contribution in [0.25, 0.3) is 0 Å². The van der Waals surface area contributed by atoms with Gasteiger partial charge in [0.1, 0.15) is 5.75 Å². The molecule has 0 bridgehead atoms. The largest absolute Gasteiger partial charge is 0.496 e. The predicted molar refractivity (Wildman–Crippen MR) is 84.2 cm³/mol. The number of methoxy groups -OCH3 is 1. The molecule has 1 fully saturated rings. The number of nitrogens with one attached hydrogen (secondary N) is 1. The number of nitrogens with zero attached hydrogens (tertiary/aromatic N) is 1. The van der Waals surface area contributed by atoms with Gasteiger partial charge in [-0.15, -0.1) is 0 Å². The van der Waals surface area contributed by atoms with E-state index in [4.69, 9.17) is 4.74 Å². The summed E-state index contributed by atoms with van der Waals surface area (Å²) in [6.45, 7) is 6.56. The number of hydrogen-bond donors (Lipinski definition) is 1. The van der Waals surface area contributed by atoms with Gasteiger partial charge in [-0.25, -0.2) is 0 Å². The van der Waals surface area contributed by atoms with Crippen molar-refractivity contribution in [2.45, 2.75) is 26.8 Å². The molecule has 0 spiro atoms. The minimum atomic E-state index is -0.267. The van der Waals surface area contributed by atoms with E-state index in [1.165, 1.54) is 0 Å². The third kappa shape index (κ3) is 3.05. The number of carbonyl (C=O) groups is 1. The number of hydrogen-bond acceptors (Lipinski definition) is 3. The Kier molecular flexibility index (Phi) is 4.88. The Balaban J connectivity index is 2.15. The SMILES string of the molecule is COc1ccccc1CN(C)C(=O)C1(C(C)C)CCNC1. The second-order valence-corrected chi connectivity index (χ2v) is 6.21. The van der Waals surface area contributed by atoms with Crippen LogP contribution in [0.5, 0.6) is 5.75 Å². The molecule has 1 N–H and O–H groups in total. The molecule has 4 nitrogen and oxygen atoms in total. The molecule has 0 aliphatic carbocycles. The maximum atomic E-state index is 13.0. The first-order valence-corrected chi connectivity index (χ1v) is 7.59. The van der Waals surface area contributed by atoms with Crippen molar-refractivity contribution >= 4 is 5.91 Å². The Morgan fingerprint density at radius 1 is 1.43 bits per heavy atom. The Morgan fingerprint density at radius 3 is 2.71 bits per heavy atom. The van der Waals surface area contributed by atoms with Gasteiger partial charge in [0.25, 0.3) is 0 Å². The number of rotatable bonds is 5. The van der Waals surface area contributed by atoms with Gasteiger partial charge in [0.15, 0.2) is 0 Å². The number of benzene rings is 1. The number of para-hydroxylation sites is 1. The van der Waals surface area contributed by atoms with Crippen LogP contribution in [0.3, 0.4) is 0 Å². The Hall–Kier alpha value is -1.55. The van der Waals surface area contributed by atoms with Crippen LogP contribution in [0.4, 0.5) is 0 Å². The molecule has 1 aromatic carbocycles. The molecule has 1 unspecified atom stereocenters. The van der Waals surface area contributed by atoms with Gasteiger partial charge in [0, 0.05) is 25.7 Å². The number of carbonyl (C=O) groups excluding carboxylic acids is 1. The van der Waals surface area contributed by atoms with Gasteiger partial charge >= 0.3 is 0 Å². The molecule has 0 radical (unpaired) electrons. The van der Waals surface area contributed by atoms with Gasteiger partial charge in [-0.2, -0.15) is 0 Å². The summed E-state index contributed by atoms with van der Waals surface area (Å²) in [6, 6.07) is 7.87. The average molecular weight is 290 g/mol. The molecule has 0 aromatic heterocycles. The highest BCUT2D eigenvalue weighted by atomic mass is 16.5. The van der Waals surface area contributed by atoms with Gasteiger partial charge in [-0.3, -0.25) is 4.79 Å². The summed E-state index contributed by atoms with van der Waals surface area (Å²) in [6.07, 6.45) is 0.916. The van der Waals surface area contributed by atoms with Crippen molar-refractivity contribution in [1.29, 1.82) is 0 Å². The van der Waals surface area contributed by atoms with E-state index in [0.717, 1.165) is 30.8 Å². The third-order valence-electron chi connectivity index (χ3n) is 4.67. The highest BCUT2D eigenvalue weighted by molar-refractivity contribution is 5.83. The molecule has 1 heterocycles. The lowest BCUT2D eigenvalue weighted by molar-refractivity contribution is -0.142. The van der Waals surface area contributed by atoms with Crippen molar-refractivity contribution in [2.24, 2.45) is 11.3 Å². The van der Waals surface area contributed by atoms with Crippen LogP contribution >= 0.6 is 0 Å². The molecule has 1 saturated heterocycles. The zero-order valence-electron chi connectivity index (χ0n) is 13.5. The first-order chi connectivity index (χ1) is 10.0. The summed E-state index contributed by atoms with van der Waals surface area (Å²) in [5.41, 5.74) is 0.775. The fourth-order valence-electron chi connectivity index (χ4n) is 3.17. The summed E-state index contributed by atoms with van der Waals surface area (Å²) >= 11 is 0. The Morgan fingerprint density at radius 2 is 2.14 bits per heavy atom. The van der Waals surface area contributed by atoms with Crippen LogP contribution in [0.2, 0.25) is 0 Å². The molecule has 21 heavy (non-hydrogen) atoms. The molecule has 1 aliphatic rings. The second-order valence-electron chi connectivity index (χ2n) is 6.21. The van der Waals surface area contributed by atoms with E-state index < -0.39 is 0 Å². The van der Waals surface area contributed by atoms with Gasteiger partial charge in [0.05, 0.1) is 12.5 Å². The molecule has 1 aromatic rings. The lowest BCUT2D eigenvalue weighted by Gasteiger charge is -2.35. The minimum Gasteiger partial charge on any atom is -0.496 e. The van der Waals surface area contributed by atoms with Crippen LogP contribution in [0.15, 0.2) is 24.3 Å². The number of ether oxygens (including phenoxy) is 1. The highest BCUT2D eigenvalue weighted by Crippen LogP contribution is 2.36. The molecule has 2 rings (SSSR count). The van der Waals surface area contributed by atoms with Crippen molar-refractivity contribution in [3.8, 4) is 5.75 Å². The van der Waals surface area contributed by atoms with Crippen LogP contribution in [-0.2, 0) is 11.3 Å². The van der Waals surface area contributed by atoms with E-state index in [1.54, 1.807) is 7.11 Å². The quantitative estimate of drug-likeness (QED) is 0.904. The summed E-state index contributed by atoms with van der Waals surface area (Å²) in [5, 5.41) is 3.34. The van der Waals surface area contributed by atoms with Gasteiger partial charge in [-0.05, 0) is 24.9 Å². The molecule has 4 heteroatoms. The van der Waals surface area contributed by atoms with E-state index in [0.29, 0.717) is 12.5 Å². The molecular formula is C17H26N2O2. The molecule has 1 aliphatic heterocycles. The van der Waals surface area contributed by atoms with Crippen molar-refractivity contribution < 1.29 is 9.53 Å². The zero-order chi connectivity index (χ0) is 15.5. The molecule has 1 atom stereocenters. The second kappa shape index (κ2) is 6.48. The van der Waals surface area contributed by atoms with E-state index in [2.05, 4.69) is 19.2 Å².